The monoisotopic (exact) mass is 266 g/mol. The van der Waals surface area contributed by atoms with Gasteiger partial charge < -0.3 is 10.4 Å². The van der Waals surface area contributed by atoms with Gasteiger partial charge in [0.2, 0.25) is 0 Å². The molecule has 0 saturated heterocycles. The number of aryl methyl sites for hydroxylation is 1. The number of nitriles is 1. The number of amides is 1. The molecule has 0 heterocycles. The third-order valence-electron chi connectivity index (χ3n) is 2.99. The zero-order valence-electron chi connectivity index (χ0n) is 11.1. The molecule has 0 atom stereocenters. The SMILES string of the molecule is Cc1ccc(CO)cc1NC(=O)c1cccc(C#N)c1. The van der Waals surface area contributed by atoms with Crippen molar-refractivity contribution in [2.45, 2.75) is 13.5 Å². The molecule has 4 nitrogen and oxygen atoms in total. The van der Waals surface area contributed by atoms with Crippen LogP contribution in [0.1, 0.15) is 27.0 Å². The molecule has 0 spiro atoms. The Labute approximate surface area is 117 Å². The molecule has 0 aliphatic carbocycles. The molecule has 2 N–H and O–H groups in total. The van der Waals surface area contributed by atoms with Crippen LogP contribution in [0.25, 0.3) is 0 Å². The van der Waals surface area contributed by atoms with E-state index in [9.17, 15) is 4.79 Å². The van der Waals surface area contributed by atoms with Gasteiger partial charge in [-0.15, -0.1) is 0 Å². The molecule has 1 amide bonds. The van der Waals surface area contributed by atoms with Gasteiger partial charge in [0.25, 0.3) is 5.91 Å². The fraction of sp³-hybridized carbons (Fsp3) is 0.125. The summed E-state index contributed by atoms with van der Waals surface area (Å²) >= 11 is 0. The summed E-state index contributed by atoms with van der Waals surface area (Å²) in [6.07, 6.45) is 0. The van der Waals surface area contributed by atoms with Gasteiger partial charge in [-0.3, -0.25) is 4.79 Å². The van der Waals surface area contributed by atoms with Crippen LogP contribution in [0.4, 0.5) is 5.69 Å². The largest absolute Gasteiger partial charge is 0.392 e. The van der Waals surface area contributed by atoms with Crippen LogP contribution in [-0.2, 0) is 6.61 Å². The molecule has 0 aliphatic heterocycles. The van der Waals surface area contributed by atoms with E-state index in [2.05, 4.69) is 5.32 Å². The lowest BCUT2D eigenvalue weighted by atomic mass is 10.1. The van der Waals surface area contributed by atoms with E-state index in [0.717, 1.165) is 11.1 Å². The zero-order chi connectivity index (χ0) is 14.5. The minimum Gasteiger partial charge on any atom is -0.392 e. The molecule has 0 aromatic heterocycles. The normalized spacial score (nSPS) is 9.85. The van der Waals surface area contributed by atoms with E-state index in [1.807, 2.05) is 19.1 Å². The number of rotatable bonds is 3. The fourth-order valence-corrected chi connectivity index (χ4v) is 1.83. The summed E-state index contributed by atoms with van der Waals surface area (Å²) in [7, 11) is 0. The molecule has 4 heteroatoms. The predicted molar refractivity (Wildman–Crippen MR) is 76.2 cm³/mol. The van der Waals surface area contributed by atoms with Crippen molar-refractivity contribution >= 4 is 11.6 Å². The van der Waals surface area contributed by atoms with Gasteiger partial charge in [-0.2, -0.15) is 5.26 Å². The number of nitrogens with one attached hydrogen (secondary N) is 1. The number of anilines is 1. The first-order valence-electron chi connectivity index (χ1n) is 6.16. The van der Waals surface area contributed by atoms with E-state index in [-0.39, 0.29) is 12.5 Å². The van der Waals surface area contributed by atoms with Crippen molar-refractivity contribution in [3.8, 4) is 6.07 Å². The second-order valence-electron chi connectivity index (χ2n) is 4.45. The van der Waals surface area contributed by atoms with Gasteiger partial charge in [-0.05, 0) is 42.3 Å². The van der Waals surface area contributed by atoms with Gasteiger partial charge in [0.1, 0.15) is 0 Å². The van der Waals surface area contributed by atoms with Crippen LogP contribution in [0.3, 0.4) is 0 Å². The highest BCUT2D eigenvalue weighted by Crippen LogP contribution is 2.18. The molecular weight excluding hydrogens is 252 g/mol. The molecule has 0 bridgehead atoms. The molecule has 2 aromatic rings. The maximum atomic E-state index is 12.2. The highest BCUT2D eigenvalue weighted by Gasteiger charge is 2.09. The van der Waals surface area contributed by atoms with Crippen LogP contribution in [0.15, 0.2) is 42.5 Å². The molecule has 0 fully saturated rings. The van der Waals surface area contributed by atoms with Gasteiger partial charge in [0.05, 0.1) is 18.2 Å². The van der Waals surface area contributed by atoms with Gasteiger partial charge in [0.15, 0.2) is 0 Å². The Morgan fingerprint density at radius 3 is 2.80 bits per heavy atom. The van der Waals surface area contributed by atoms with Crippen LogP contribution in [0.2, 0.25) is 0 Å². The standard InChI is InChI=1S/C16H14N2O2/c1-11-5-6-13(10-19)8-15(11)18-16(20)14-4-2-3-12(7-14)9-17/h2-8,19H,10H2,1H3,(H,18,20). The Morgan fingerprint density at radius 1 is 1.30 bits per heavy atom. The molecule has 2 aromatic carbocycles. The molecule has 20 heavy (non-hydrogen) atoms. The molecule has 2 rings (SSSR count). The van der Waals surface area contributed by atoms with E-state index < -0.39 is 0 Å². The number of hydrogen-bond donors (Lipinski definition) is 2. The number of aliphatic hydroxyl groups is 1. The number of benzene rings is 2. The number of nitrogens with zero attached hydrogens (tertiary/aromatic N) is 1. The van der Waals surface area contributed by atoms with Gasteiger partial charge >= 0.3 is 0 Å². The first kappa shape index (κ1) is 13.8. The lowest BCUT2D eigenvalue weighted by Crippen LogP contribution is -2.13. The average Bonchev–Trinajstić information content (AvgIpc) is 2.49. The number of hydrogen-bond acceptors (Lipinski definition) is 3. The summed E-state index contributed by atoms with van der Waals surface area (Å²) in [6, 6.07) is 13.9. The van der Waals surface area contributed by atoms with Crippen molar-refractivity contribution in [1.82, 2.24) is 0 Å². The van der Waals surface area contributed by atoms with Crippen molar-refractivity contribution in [2.75, 3.05) is 5.32 Å². The number of carbonyl (C=O) groups is 1. The Kier molecular flexibility index (Phi) is 4.14. The van der Waals surface area contributed by atoms with Crippen LogP contribution in [0, 0.1) is 18.3 Å². The molecule has 0 unspecified atom stereocenters. The maximum Gasteiger partial charge on any atom is 0.255 e. The van der Waals surface area contributed by atoms with Crippen molar-refractivity contribution < 1.29 is 9.90 Å². The predicted octanol–water partition coefficient (Wildman–Crippen LogP) is 2.61. The fourth-order valence-electron chi connectivity index (χ4n) is 1.83. The molecular formula is C16H14N2O2. The number of aliphatic hydroxyl groups excluding tert-OH is 1. The van der Waals surface area contributed by atoms with Crippen LogP contribution in [0.5, 0.6) is 0 Å². The summed E-state index contributed by atoms with van der Waals surface area (Å²) in [5, 5.41) is 20.8. The summed E-state index contributed by atoms with van der Waals surface area (Å²) < 4.78 is 0. The average molecular weight is 266 g/mol. The van der Waals surface area contributed by atoms with E-state index in [4.69, 9.17) is 10.4 Å². The van der Waals surface area contributed by atoms with Crippen LogP contribution >= 0.6 is 0 Å². The lowest BCUT2D eigenvalue weighted by molar-refractivity contribution is 0.102. The Hall–Kier alpha value is -2.64. The minimum absolute atomic E-state index is 0.0763. The Balaban J connectivity index is 2.25. The third kappa shape index (κ3) is 3.02. The first-order valence-corrected chi connectivity index (χ1v) is 6.16. The van der Waals surface area contributed by atoms with Gasteiger partial charge in [0, 0.05) is 11.3 Å². The van der Waals surface area contributed by atoms with Crippen molar-refractivity contribution in [2.24, 2.45) is 0 Å². The van der Waals surface area contributed by atoms with E-state index >= 15 is 0 Å². The first-order chi connectivity index (χ1) is 9.63. The summed E-state index contributed by atoms with van der Waals surface area (Å²) in [5.41, 5.74) is 3.17. The smallest absolute Gasteiger partial charge is 0.255 e. The second kappa shape index (κ2) is 6.00. The summed E-state index contributed by atoms with van der Waals surface area (Å²) in [6.45, 7) is 1.80. The minimum atomic E-state index is -0.278. The van der Waals surface area contributed by atoms with Crippen molar-refractivity contribution in [3.63, 3.8) is 0 Å². The van der Waals surface area contributed by atoms with Gasteiger partial charge in [-0.1, -0.05) is 18.2 Å². The Bertz CT molecular complexity index is 687. The van der Waals surface area contributed by atoms with E-state index in [1.54, 1.807) is 36.4 Å². The summed E-state index contributed by atoms with van der Waals surface area (Å²) in [4.78, 5) is 12.2. The zero-order valence-corrected chi connectivity index (χ0v) is 11.1. The van der Waals surface area contributed by atoms with E-state index in [0.29, 0.717) is 16.8 Å². The highest BCUT2D eigenvalue weighted by atomic mass is 16.3. The lowest BCUT2D eigenvalue weighted by Gasteiger charge is -2.10. The van der Waals surface area contributed by atoms with Crippen molar-refractivity contribution in [3.05, 3.63) is 64.7 Å². The molecule has 0 saturated carbocycles. The second-order valence-corrected chi connectivity index (χ2v) is 4.45. The van der Waals surface area contributed by atoms with Crippen LogP contribution in [-0.4, -0.2) is 11.0 Å². The topological polar surface area (TPSA) is 73.1 Å². The quantitative estimate of drug-likeness (QED) is 0.896. The van der Waals surface area contributed by atoms with Gasteiger partial charge in [-0.25, -0.2) is 0 Å². The molecule has 0 radical (unpaired) electrons. The molecule has 100 valence electrons. The number of carbonyl (C=O) groups excluding carboxylic acids is 1. The van der Waals surface area contributed by atoms with E-state index in [1.165, 1.54) is 0 Å². The summed E-state index contributed by atoms with van der Waals surface area (Å²) in [5.74, 6) is -0.278. The Morgan fingerprint density at radius 2 is 2.10 bits per heavy atom. The molecule has 0 aliphatic rings. The van der Waals surface area contributed by atoms with Crippen LogP contribution < -0.4 is 5.32 Å². The maximum absolute atomic E-state index is 12.2. The highest BCUT2D eigenvalue weighted by molar-refractivity contribution is 6.04. The van der Waals surface area contributed by atoms with Crippen molar-refractivity contribution in [1.29, 1.82) is 5.26 Å². The third-order valence-corrected chi connectivity index (χ3v) is 2.99.